The molecular weight excluding hydrogens is 518 g/mol. The fraction of sp³-hybridized carbons (Fsp3) is 0.364. The maximum atomic E-state index is 13.4. The van der Waals surface area contributed by atoms with Crippen LogP contribution in [0.4, 0.5) is 5.69 Å². The van der Waals surface area contributed by atoms with Crippen molar-refractivity contribution >= 4 is 55.1 Å². The summed E-state index contributed by atoms with van der Waals surface area (Å²) in [6.07, 6.45) is 1.01. The zero-order chi connectivity index (χ0) is 24.1. The van der Waals surface area contributed by atoms with Gasteiger partial charge in [0, 0.05) is 17.1 Å². The van der Waals surface area contributed by atoms with Gasteiger partial charge in [-0.05, 0) is 50.6 Å². The zero-order valence-electron chi connectivity index (χ0n) is 18.4. The number of benzene rings is 2. The minimum atomic E-state index is -3.82. The summed E-state index contributed by atoms with van der Waals surface area (Å²) in [6.45, 7) is 4.91. The number of sulfonamides is 1. The van der Waals surface area contributed by atoms with Gasteiger partial charge in [0.2, 0.25) is 21.8 Å². The summed E-state index contributed by atoms with van der Waals surface area (Å²) >= 11 is 9.61. The molecule has 0 heterocycles. The van der Waals surface area contributed by atoms with Gasteiger partial charge in [0.15, 0.2) is 0 Å². The van der Waals surface area contributed by atoms with Crippen LogP contribution in [0.1, 0.15) is 26.3 Å². The molecule has 32 heavy (non-hydrogen) atoms. The molecule has 2 rings (SSSR count). The first kappa shape index (κ1) is 26.2. The Bertz CT molecular complexity index is 1080. The highest BCUT2D eigenvalue weighted by atomic mass is 79.9. The van der Waals surface area contributed by atoms with Crippen molar-refractivity contribution in [1.29, 1.82) is 0 Å². The first-order chi connectivity index (χ1) is 14.9. The van der Waals surface area contributed by atoms with Crippen LogP contribution in [0.3, 0.4) is 0 Å². The number of hydrogen-bond acceptors (Lipinski definition) is 4. The summed E-state index contributed by atoms with van der Waals surface area (Å²) in [4.78, 5) is 27.5. The standard InChI is InChI=1S/C22H27BrClN3O4S/c1-15(2)25-22(29)16(3)26(13-17-8-7-9-18(23)12-17)21(28)14-27(32(4,30)31)20-11-6-5-10-19(20)24/h5-12,15-16H,13-14H2,1-4H3,(H,25,29)/t16-/m0/s1. The SMILES string of the molecule is CC(C)NC(=O)[C@H](C)N(Cc1cccc(Br)c1)C(=O)CN(c1ccccc1Cl)S(C)(=O)=O. The van der Waals surface area contributed by atoms with E-state index in [2.05, 4.69) is 21.2 Å². The second-order valence-electron chi connectivity index (χ2n) is 7.71. The van der Waals surface area contributed by atoms with E-state index >= 15 is 0 Å². The van der Waals surface area contributed by atoms with Crippen molar-refractivity contribution in [3.05, 3.63) is 63.6 Å². The molecule has 0 aliphatic carbocycles. The van der Waals surface area contributed by atoms with Gasteiger partial charge in [-0.2, -0.15) is 0 Å². The topological polar surface area (TPSA) is 86.8 Å². The fourth-order valence-electron chi connectivity index (χ4n) is 3.07. The summed E-state index contributed by atoms with van der Waals surface area (Å²) in [5, 5.41) is 3.01. The molecule has 0 spiro atoms. The second-order valence-corrected chi connectivity index (χ2v) is 10.9. The van der Waals surface area contributed by atoms with Crippen molar-refractivity contribution in [3.8, 4) is 0 Å². The minimum Gasteiger partial charge on any atom is -0.352 e. The van der Waals surface area contributed by atoms with Crippen LogP contribution < -0.4 is 9.62 Å². The molecule has 10 heteroatoms. The number of hydrogen-bond donors (Lipinski definition) is 1. The van der Waals surface area contributed by atoms with Crippen LogP contribution in [-0.2, 0) is 26.2 Å². The van der Waals surface area contributed by atoms with E-state index in [1.807, 2.05) is 38.1 Å². The second kappa shape index (κ2) is 11.2. The predicted octanol–water partition coefficient (Wildman–Crippen LogP) is 3.81. The highest BCUT2D eigenvalue weighted by molar-refractivity contribution is 9.10. The number of carbonyl (C=O) groups is 2. The molecule has 2 aromatic rings. The van der Waals surface area contributed by atoms with Crippen molar-refractivity contribution in [2.24, 2.45) is 0 Å². The van der Waals surface area contributed by atoms with Crippen molar-refractivity contribution in [1.82, 2.24) is 10.2 Å². The maximum Gasteiger partial charge on any atom is 0.244 e. The third-order valence-electron chi connectivity index (χ3n) is 4.64. The Morgan fingerprint density at radius 2 is 1.75 bits per heavy atom. The maximum absolute atomic E-state index is 13.4. The summed E-state index contributed by atoms with van der Waals surface area (Å²) in [7, 11) is -3.82. The molecule has 1 N–H and O–H groups in total. The summed E-state index contributed by atoms with van der Waals surface area (Å²) in [6, 6.07) is 12.8. The molecule has 1 atom stereocenters. The first-order valence-electron chi connectivity index (χ1n) is 9.96. The minimum absolute atomic E-state index is 0.108. The lowest BCUT2D eigenvalue weighted by Gasteiger charge is -2.32. The number of halogens is 2. The van der Waals surface area contributed by atoms with Crippen LogP contribution in [0, 0.1) is 0 Å². The van der Waals surface area contributed by atoms with E-state index in [1.165, 1.54) is 11.0 Å². The molecular formula is C22H27BrClN3O4S. The third-order valence-corrected chi connectivity index (χ3v) is 6.58. The molecule has 0 bridgehead atoms. The van der Waals surface area contributed by atoms with E-state index in [1.54, 1.807) is 25.1 Å². The van der Waals surface area contributed by atoms with Gasteiger partial charge < -0.3 is 10.2 Å². The van der Waals surface area contributed by atoms with Crippen molar-refractivity contribution < 1.29 is 18.0 Å². The Kier molecular flexibility index (Phi) is 9.12. The number of amides is 2. The summed E-state index contributed by atoms with van der Waals surface area (Å²) in [5.74, 6) is -0.853. The van der Waals surface area contributed by atoms with Gasteiger partial charge in [0.25, 0.3) is 0 Å². The van der Waals surface area contributed by atoms with Gasteiger partial charge in [-0.3, -0.25) is 13.9 Å². The quantitative estimate of drug-likeness (QED) is 0.520. The molecule has 0 radical (unpaired) electrons. The first-order valence-corrected chi connectivity index (χ1v) is 13.0. The Morgan fingerprint density at radius 1 is 1.09 bits per heavy atom. The molecule has 7 nitrogen and oxygen atoms in total. The van der Waals surface area contributed by atoms with Crippen LogP contribution in [-0.4, -0.2) is 50.0 Å². The lowest BCUT2D eigenvalue weighted by molar-refractivity contribution is -0.139. The largest absolute Gasteiger partial charge is 0.352 e. The molecule has 2 amide bonds. The van der Waals surface area contributed by atoms with Crippen LogP contribution >= 0.6 is 27.5 Å². The van der Waals surface area contributed by atoms with Gasteiger partial charge in [-0.15, -0.1) is 0 Å². The van der Waals surface area contributed by atoms with Crippen LogP contribution in [0.25, 0.3) is 0 Å². The van der Waals surface area contributed by atoms with E-state index in [9.17, 15) is 18.0 Å². The molecule has 0 aliphatic heterocycles. The molecule has 2 aromatic carbocycles. The number of nitrogens with one attached hydrogen (secondary N) is 1. The summed E-state index contributed by atoms with van der Waals surface area (Å²) < 4.78 is 26.8. The highest BCUT2D eigenvalue weighted by Crippen LogP contribution is 2.27. The number of para-hydroxylation sites is 1. The van der Waals surface area contributed by atoms with Gasteiger partial charge >= 0.3 is 0 Å². The Morgan fingerprint density at radius 3 is 2.31 bits per heavy atom. The number of rotatable bonds is 9. The van der Waals surface area contributed by atoms with Gasteiger partial charge in [-0.25, -0.2) is 8.42 Å². The van der Waals surface area contributed by atoms with E-state index in [4.69, 9.17) is 11.6 Å². The molecule has 0 saturated heterocycles. The molecule has 0 saturated carbocycles. The highest BCUT2D eigenvalue weighted by Gasteiger charge is 2.30. The molecule has 0 unspecified atom stereocenters. The van der Waals surface area contributed by atoms with E-state index < -0.39 is 28.5 Å². The lowest BCUT2D eigenvalue weighted by Crippen LogP contribution is -2.52. The smallest absolute Gasteiger partial charge is 0.244 e. The monoisotopic (exact) mass is 543 g/mol. The van der Waals surface area contributed by atoms with E-state index in [0.29, 0.717) is 0 Å². The van der Waals surface area contributed by atoms with Crippen LogP contribution in [0.5, 0.6) is 0 Å². The van der Waals surface area contributed by atoms with Gasteiger partial charge in [0.1, 0.15) is 12.6 Å². The van der Waals surface area contributed by atoms with Crippen molar-refractivity contribution in [2.75, 3.05) is 17.1 Å². The van der Waals surface area contributed by atoms with Gasteiger partial charge in [0.05, 0.1) is 17.0 Å². The molecule has 0 aromatic heterocycles. The number of nitrogens with zero attached hydrogens (tertiary/aromatic N) is 2. The van der Waals surface area contributed by atoms with Crippen LogP contribution in [0.2, 0.25) is 5.02 Å². The van der Waals surface area contributed by atoms with E-state index in [0.717, 1.165) is 20.6 Å². The fourth-order valence-corrected chi connectivity index (χ4v) is 4.66. The number of anilines is 1. The summed E-state index contributed by atoms with van der Waals surface area (Å²) in [5.41, 5.74) is 0.993. The van der Waals surface area contributed by atoms with Crippen LogP contribution in [0.15, 0.2) is 53.0 Å². The molecule has 0 aliphatic rings. The normalized spacial score (nSPS) is 12.3. The Hall–Kier alpha value is -2.10. The average Bonchev–Trinajstić information content (AvgIpc) is 2.69. The number of carbonyl (C=O) groups excluding carboxylic acids is 2. The molecule has 174 valence electrons. The van der Waals surface area contributed by atoms with E-state index in [-0.39, 0.29) is 29.2 Å². The Labute approximate surface area is 202 Å². The van der Waals surface area contributed by atoms with Crippen molar-refractivity contribution in [2.45, 2.75) is 39.4 Å². The van der Waals surface area contributed by atoms with Gasteiger partial charge in [-0.1, -0.05) is 51.8 Å². The predicted molar refractivity (Wildman–Crippen MR) is 131 cm³/mol. The zero-order valence-corrected chi connectivity index (χ0v) is 21.5. The lowest BCUT2D eigenvalue weighted by atomic mass is 10.1. The molecule has 0 fully saturated rings. The Balaban J connectivity index is 2.40. The third kappa shape index (κ3) is 7.21. The average molecular weight is 545 g/mol. The van der Waals surface area contributed by atoms with Crippen molar-refractivity contribution in [3.63, 3.8) is 0 Å².